The Labute approximate surface area is 128 Å². The van der Waals surface area contributed by atoms with Crippen LogP contribution in [0.3, 0.4) is 0 Å². The average Bonchev–Trinajstić information content (AvgIpc) is 2.90. The normalized spacial score (nSPS) is 18.1. The van der Waals surface area contributed by atoms with E-state index in [-0.39, 0.29) is 17.3 Å². The zero-order chi connectivity index (χ0) is 15.6. The van der Waals surface area contributed by atoms with Gasteiger partial charge in [-0.25, -0.2) is 9.59 Å². The molecule has 6 heteroatoms. The first-order valence-corrected chi connectivity index (χ1v) is 7.35. The zero-order valence-electron chi connectivity index (χ0n) is 12.1. The quantitative estimate of drug-likeness (QED) is 0.897. The maximum absolute atomic E-state index is 12.2. The van der Waals surface area contributed by atoms with Crippen molar-refractivity contribution in [3.63, 3.8) is 0 Å². The molecule has 114 valence electrons. The van der Waals surface area contributed by atoms with Gasteiger partial charge in [-0.05, 0) is 36.5 Å². The molecule has 1 aliphatic heterocycles. The molecule has 0 aromatic heterocycles. The fraction of sp³-hybridized carbons (Fsp3) is 0.467. The van der Waals surface area contributed by atoms with E-state index >= 15 is 0 Å². The second kappa shape index (κ2) is 6.35. The number of likely N-dealkylation sites (tertiary alicyclic amines) is 1. The Kier molecular flexibility index (Phi) is 4.73. The molecule has 1 fully saturated rings. The number of carbonyl (C=O) groups excluding carboxylic acids is 1. The number of urea groups is 1. The summed E-state index contributed by atoms with van der Waals surface area (Å²) in [7, 11) is 0. The zero-order valence-corrected chi connectivity index (χ0v) is 12.9. The van der Waals surface area contributed by atoms with Gasteiger partial charge in [0.2, 0.25) is 0 Å². The predicted octanol–water partition coefficient (Wildman–Crippen LogP) is 3.55. The van der Waals surface area contributed by atoms with Crippen LogP contribution in [-0.4, -0.2) is 35.1 Å². The third-order valence-corrected chi connectivity index (χ3v) is 4.14. The molecule has 0 spiro atoms. The smallest absolute Gasteiger partial charge is 0.337 e. The molecule has 1 atom stereocenters. The van der Waals surface area contributed by atoms with E-state index in [1.807, 2.05) is 0 Å². The number of carboxylic acid groups (broad SMARTS) is 1. The molecule has 1 aliphatic rings. The SMILES string of the molecule is CC(C)C1CCN(C(=O)Nc2ccc(Cl)cc2C(=O)O)C1. The van der Waals surface area contributed by atoms with Gasteiger partial charge in [0.25, 0.3) is 0 Å². The van der Waals surface area contributed by atoms with Crippen molar-refractivity contribution in [3.05, 3.63) is 28.8 Å². The molecule has 2 N–H and O–H groups in total. The van der Waals surface area contributed by atoms with Crippen LogP contribution in [0.5, 0.6) is 0 Å². The van der Waals surface area contributed by atoms with Gasteiger partial charge in [0.1, 0.15) is 0 Å². The topological polar surface area (TPSA) is 69.6 Å². The summed E-state index contributed by atoms with van der Waals surface area (Å²) in [5, 5.41) is 12.2. The molecular formula is C15H19ClN2O3. The van der Waals surface area contributed by atoms with Crippen LogP contribution in [0, 0.1) is 11.8 Å². The third kappa shape index (κ3) is 3.67. The minimum Gasteiger partial charge on any atom is -0.478 e. The fourth-order valence-corrected chi connectivity index (χ4v) is 2.68. The molecule has 0 radical (unpaired) electrons. The van der Waals surface area contributed by atoms with Crippen LogP contribution in [-0.2, 0) is 0 Å². The largest absolute Gasteiger partial charge is 0.478 e. The number of carboxylic acids is 1. The average molecular weight is 311 g/mol. The summed E-state index contributed by atoms with van der Waals surface area (Å²) in [4.78, 5) is 25.2. The molecule has 1 aromatic carbocycles. The molecular weight excluding hydrogens is 292 g/mol. The predicted molar refractivity (Wildman–Crippen MR) is 81.9 cm³/mol. The number of nitrogens with one attached hydrogen (secondary N) is 1. The number of rotatable bonds is 3. The second-order valence-corrected chi connectivity index (χ2v) is 6.10. The molecule has 1 heterocycles. The first-order valence-electron chi connectivity index (χ1n) is 6.97. The van der Waals surface area contributed by atoms with Crippen molar-refractivity contribution >= 4 is 29.3 Å². The van der Waals surface area contributed by atoms with Crippen LogP contribution in [0.4, 0.5) is 10.5 Å². The maximum atomic E-state index is 12.2. The van der Waals surface area contributed by atoms with Gasteiger partial charge in [-0.1, -0.05) is 25.4 Å². The lowest BCUT2D eigenvalue weighted by molar-refractivity contribution is 0.0698. The summed E-state index contributed by atoms with van der Waals surface area (Å²) >= 11 is 5.79. The fourth-order valence-electron chi connectivity index (χ4n) is 2.51. The molecule has 1 aromatic rings. The van der Waals surface area contributed by atoms with Crippen molar-refractivity contribution in [1.82, 2.24) is 4.90 Å². The summed E-state index contributed by atoms with van der Waals surface area (Å²) in [6.45, 7) is 5.70. The van der Waals surface area contributed by atoms with E-state index in [1.54, 1.807) is 11.0 Å². The van der Waals surface area contributed by atoms with E-state index in [4.69, 9.17) is 16.7 Å². The van der Waals surface area contributed by atoms with Gasteiger partial charge in [0.15, 0.2) is 0 Å². The van der Waals surface area contributed by atoms with Crippen molar-refractivity contribution in [2.45, 2.75) is 20.3 Å². The Morgan fingerprint density at radius 2 is 2.14 bits per heavy atom. The Bertz CT molecular complexity index is 560. The molecule has 21 heavy (non-hydrogen) atoms. The molecule has 1 unspecified atom stereocenters. The van der Waals surface area contributed by atoms with E-state index < -0.39 is 5.97 Å². The molecule has 0 bridgehead atoms. The summed E-state index contributed by atoms with van der Waals surface area (Å²) in [6, 6.07) is 4.15. The lowest BCUT2D eigenvalue weighted by atomic mass is 9.95. The van der Waals surface area contributed by atoms with Crippen molar-refractivity contribution < 1.29 is 14.7 Å². The first kappa shape index (κ1) is 15.6. The summed E-state index contributed by atoms with van der Waals surface area (Å²) < 4.78 is 0. The van der Waals surface area contributed by atoms with E-state index in [1.165, 1.54) is 12.1 Å². The Hall–Kier alpha value is -1.75. The van der Waals surface area contributed by atoms with Crippen LogP contribution < -0.4 is 5.32 Å². The third-order valence-electron chi connectivity index (χ3n) is 3.91. The molecule has 2 amide bonds. The maximum Gasteiger partial charge on any atom is 0.337 e. The Morgan fingerprint density at radius 1 is 1.43 bits per heavy atom. The van der Waals surface area contributed by atoms with Crippen molar-refractivity contribution in [1.29, 1.82) is 0 Å². The standard InChI is InChI=1S/C15H19ClN2O3/c1-9(2)10-5-6-18(8-10)15(21)17-13-4-3-11(16)7-12(13)14(19)20/h3-4,7,9-10H,5-6,8H2,1-2H3,(H,17,21)(H,19,20). The van der Waals surface area contributed by atoms with E-state index in [0.717, 1.165) is 6.42 Å². The van der Waals surface area contributed by atoms with Gasteiger partial charge in [0.05, 0.1) is 11.3 Å². The Balaban J connectivity index is 2.09. The number of nitrogens with zero attached hydrogens (tertiary/aromatic N) is 1. The monoisotopic (exact) mass is 310 g/mol. The van der Waals surface area contributed by atoms with E-state index in [0.29, 0.717) is 29.9 Å². The highest BCUT2D eigenvalue weighted by atomic mass is 35.5. The first-order chi connectivity index (χ1) is 9.88. The minimum atomic E-state index is -1.12. The van der Waals surface area contributed by atoms with Gasteiger partial charge in [-0.15, -0.1) is 0 Å². The molecule has 5 nitrogen and oxygen atoms in total. The van der Waals surface area contributed by atoms with Gasteiger partial charge in [-0.2, -0.15) is 0 Å². The summed E-state index contributed by atoms with van der Waals surface area (Å²) in [5.74, 6) is -0.0814. The number of anilines is 1. The minimum absolute atomic E-state index is 0.00421. The van der Waals surface area contributed by atoms with Crippen LogP contribution >= 0.6 is 11.6 Å². The number of aromatic carboxylic acids is 1. The highest BCUT2D eigenvalue weighted by Crippen LogP contribution is 2.25. The van der Waals surface area contributed by atoms with Gasteiger partial charge in [0, 0.05) is 18.1 Å². The van der Waals surface area contributed by atoms with Gasteiger partial charge in [-0.3, -0.25) is 0 Å². The molecule has 2 rings (SSSR count). The number of benzene rings is 1. The highest BCUT2D eigenvalue weighted by molar-refractivity contribution is 6.31. The molecule has 0 saturated carbocycles. The number of amides is 2. The number of carbonyl (C=O) groups is 2. The lowest BCUT2D eigenvalue weighted by Crippen LogP contribution is -2.33. The molecule has 1 saturated heterocycles. The van der Waals surface area contributed by atoms with Crippen LogP contribution in [0.25, 0.3) is 0 Å². The lowest BCUT2D eigenvalue weighted by Gasteiger charge is -2.19. The van der Waals surface area contributed by atoms with Crippen molar-refractivity contribution in [2.24, 2.45) is 11.8 Å². The number of hydrogen-bond donors (Lipinski definition) is 2. The van der Waals surface area contributed by atoms with E-state index in [2.05, 4.69) is 19.2 Å². The van der Waals surface area contributed by atoms with Gasteiger partial charge < -0.3 is 15.3 Å². The summed E-state index contributed by atoms with van der Waals surface area (Å²) in [5.41, 5.74) is 0.264. The molecule has 0 aliphatic carbocycles. The van der Waals surface area contributed by atoms with Crippen LogP contribution in [0.1, 0.15) is 30.6 Å². The second-order valence-electron chi connectivity index (χ2n) is 5.66. The van der Waals surface area contributed by atoms with E-state index in [9.17, 15) is 9.59 Å². The van der Waals surface area contributed by atoms with Crippen molar-refractivity contribution in [3.8, 4) is 0 Å². The number of hydrogen-bond acceptors (Lipinski definition) is 2. The van der Waals surface area contributed by atoms with Crippen LogP contribution in [0.2, 0.25) is 5.02 Å². The van der Waals surface area contributed by atoms with Gasteiger partial charge >= 0.3 is 12.0 Å². The summed E-state index contributed by atoms with van der Waals surface area (Å²) in [6.07, 6.45) is 0.984. The Morgan fingerprint density at radius 3 is 2.71 bits per heavy atom. The van der Waals surface area contributed by atoms with Crippen molar-refractivity contribution in [2.75, 3.05) is 18.4 Å². The number of halogens is 1. The van der Waals surface area contributed by atoms with Crippen LogP contribution in [0.15, 0.2) is 18.2 Å². The highest BCUT2D eigenvalue weighted by Gasteiger charge is 2.28.